The number of primary amides is 1. The minimum atomic E-state index is -0.616. The van der Waals surface area contributed by atoms with Crippen LogP contribution in [0.4, 0.5) is 4.79 Å². The Morgan fingerprint density at radius 2 is 2.33 bits per heavy atom. The molecule has 0 spiro atoms. The van der Waals surface area contributed by atoms with Gasteiger partial charge < -0.3 is 16.0 Å². The van der Waals surface area contributed by atoms with E-state index in [1.165, 1.54) is 11.3 Å². The smallest absolute Gasteiger partial charge is 0.312 e. The van der Waals surface area contributed by atoms with Crippen molar-refractivity contribution >= 4 is 23.3 Å². The van der Waals surface area contributed by atoms with E-state index in [1.54, 1.807) is 6.20 Å². The first-order valence-corrected chi connectivity index (χ1v) is 8.87. The third-order valence-corrected chi connectivity index (χ3v) is 5.22. The zero-order valence-electron chi connectivity index (χ0n) is 13.3. The number of urea groups is 1. The van der Waals surface area contributed by atoms with Crippen LogP contribution in [0.25, 0.3) is 0 Å². The summed E-state index contributed by atoms with van der Waals surface area (Å²) in [5.41, 5.74) is 5.26. The molecule has 2 aromatic heterocycles. The fourth-order valence-corrected chi connectivity index (χ4v) is 3.86. The number of hydrogen-bond acceptors (Lipinski definition) is 4. The highest BCUT2D eigenvalue weighted by Gasteiger charge is 2.27. The van der Waals surface area contributed by atoms with Crippen molar-refractivity contribution in [2.45, 2.75) is 31.3 Å². The molecule has 3 rings (SSSR count). The Morgan fingerprint density at radius 1 is 1.46 bits per heavy atom. The summed E-state index contributed by atoms with van der Waals surface area (Å²) in [6.45, 7) is 1.39. The molecule has 3 N–H and O–H groups in total. The van der Waals surface area contributed by atoms with Crippen LogP contribution in [0.2, 0.25) is 0 Å². The number of likely N-dealkylation sites (tertiary alicyclic amines) is 1. The van der Waals surface area contributed by atoms with Gasteiger partial charge in [-0.3, -0.25) is 9.48 Å². The highest BCUT2D eigenvalue weighted by molar-refractivity contribution is 7.10. The summed E-state index contributed by atoms with van der Waals surface area (Å²) < 4.78 is 1.91. The molecule has 0 unspecified atom stereocenters. The minimum Gasteiger partial charge on any atom is -0.352 e. The number of carbonyl (C=O) groups excluding carboxylic acids is 2. The lowest BCUT2D eigenvalue weighted by molar-refractivity contribution is -0.133. The maximum absolute atomic E-state index is 12.7. The molecule has 3 amide bonds. The first-order chi connectivity index (χ1) is 11.6. The van der Waals surface area contributed by atoms with Gasteiger partial charge in [0.25, 0.3) is 0 Å². The van der Waals surface area contributed by atoms with E-state index in [0.29, 0.717) is 6.54 Å². The molecule has 0 bridgehead atoms. The maximum atomic E-state index is 12.7. The van der Waals surface area contributed by atoms with Gasteiger partial charge in [0.05, 0.1) is 18.5 Å². The van der Waals surface area contributed by atoms with Gasteiger partial charge >= 0.3 is 6.03 Å². The summed E-state index contributed by atoms with van der Waals surface area (Å²) in [5, 5.41) is 8.88. The van der Waals surface area contributed by atoms with Crippen LogP contribution >= 0.6 is 11.3 Å². The second-order valence-corrected chi connectivity index (χ2v) is 6.88. The van der Waals surface area contributed by atoms with Crippen molar-refractivity contribution in [1.29, 1.82) is 0 Å². The van der Waals surface area contributed by atoms with Crippen molar-refractivity contribution in [2.24, 2.45) is 5.73 Å². The van der Waals surface area contributed by atoms with Gasteiger partial charge in [0.15, 0.2) is 0 Å². The number of thiophene rings is 1. The highest BCUT2D eigenvalue weighted by atomic mass is 32.1. The van der Waals surface area contributed by atoms with Gasteiger partial charge in [-0.25, -0.2) is 4.79 Å². The lowest BCUT2D eigenvalue weighted by Gasteiger charge is -2.33. The SMILES string of the molecule is NC(=O)N[C@@H](CC(=O)N1CCC[C@H](n2cccn2)C1)c1cccs1. The molecule has 3 heterocycles. The molecule has 128 valence electrons. The molecule has 0 saturated carbocycles. The molecular weight excluding hydrogens is 326 g/mol. The second kappa shape index (κ2) is 7.48. The quantitative estimate of drug-likeness (QED) is 0.865. The third-order valence-electron chi connectivity index (χ3n) is 4.23. The fraction of sp³-hybridized carbons (Fsp3) is 0.438. The zero-order valence-corrected chi connectivity index (χ0v) is 14.1. The minimum absolute atomic E-state index is 0.0269. The van der Waals surface area contributed by atoms with Crippen molar-refractivity contribution < 1.29 is 9.59 Å². The average Bonchev–Trinajstić information content (AvgIpc) is 3.27. The number of hydrogen-bond donors (Lipinski definition) is 2. The van der Waals surface area contributed by atoms with E-state index >= 15 is 0 Å². The van der Waals surface area contributed by atoms with E-state index in [9.17, 15) is 9.59 Å². The van der Waals surface area contributed by atoms with E-state index in [2.05, 4.69) is 10.4 Å². The van der Waals surface area contributed by atoms with Crippen LogP contribution in [-0.4, -0.2) is 39.7 Å². The summed E-state index contributed by atoms with van der Waals surface area (Å²) in [4.78, 5) is 26.8. The number of nitrogens with two attached hydrogens (primary N) is 1. The first kappa shape index (κ1) is 16.5. The van der Waals surface area contributed by atoms with Crippen LogP contribution in [0.5, 0.6) is 0 Å². The molecule has 1 saturated heterocycles. The van der Waals surface area contributed by atoms with E-state index in [4.69, 9.17) is 5.73 Å². The van der Waals surface area contributed by atoms with E-state index < -0.39 is 6.03 Å². The van der Waals surface area contributed by atoms with Gasteiger partial charge in [0.1, 0.15) is 0 Å². The summed E-state index contributed by atoms with van der Waals surface area (Å²) >= 11 is 1.51. The molecule has 1 aliphatic rings. The van der Waals surface area contributed by atoms with Gasteiger partial charge in [0, 0.05) is 30.4 Å². The molecule has 0 aliphatic carbocycles. The Balaban J connectivity index is 1.65. The second-order valence-electron chi connectivity index (χ2n) is 5.90. The Morgan fingerprint density at radius 3 is 3.00 bits per heavy atom. The van der Waals surface area contributed by atoms with E-state index in [0.717, 1.165) is 24.3 Å². The monoisotopic (exact) mass is 347 g/mol. The lowest BCUT2D eigenvalue weighted by Crippen LogP contribution is -2.43. The van der Waals surface area contributed by atoms with Gasteiger partial charge in [-0.1, -0.05) is 6.07 Å². The number of piperidine rings is 1. The summed E-state index contributed by atoms with van der Waals surface area (Å²) in [6.07, 6.45) is 5.87. The van der Waals surface area contributed by atoms with Crippen molar-refractivity contribution in [2.75, 3.05) is 13.1 Å². The van der Waals surface area contributed by atoms with Gasteiger partial charge in [-0.05, 0) is 30.4 Å². The molecule has 24 heavy (non-hydrogen) atoms. The van der Waals surface area contributed by atoms with Crippen LogP contribution in [0.1, 0.15) is 36.2 Å². The molecule has 7 nitrogen and oxygen atoms in total. The summed E-state index contributed by atoms with van der Waals surface area (Å²) in [7, 11) is 0. The van der Waals surface area contributed by atoms with E-state index in [1.807, 2.05) is 39.4 Å². The Hall–Kier alpha value is -2.35. The van der Waals surface area contributed by atoms with Gasteiger partial charge in [-0.15, -0.1) is 11.3 Å². The first-order valence-electron chi connectivity index (χ1n) is 8.00. The van der Waals surface area contributed by atoms with Crippen molar-refractivity contribution in [3.05, 3.63) is 40.8 Å². The van der Waals surface area contributed by atoms with Crippen LogP contribution in [0.15, 0.2) is 36.0 Å². The Labute approximate surface area is 144 Å². The number of rotatable bonds is 5. The number of amides is 3. The van der Waals surface area contributed by atoms with Crippen molar-refractivity contribution in [1.82, 2.24) is 20.0 Å². The van der Waals surface area contributed by atoms with Gasteiger partial charge in [-0.2, -0.15) is 5.10 Å². The maximum Gasteiger partial charge on any atom is 0.312 e. The van der Waals surface area contributed by atoms with Crippen LogP contribution in [-0.2, 0) is 4.79 Å². The molecule has 8 heteroatoms. The third kappa shape index (κ3) is 3.94. The predicted octanol–water partition coefficient (Wildman–Crippen LogP) is 1.91. The Bertz CT molecular complexity index is 671. The molecule has 0 aromatic carbocycles. The molecule has 2 aromatic rings. The van der Waals surface area contributed by atoms with Crippen molar-refractivity contribution in [3.8, 4) is 0 Å². The summed E-state index contributed by atoms with van der Waals surface area (Å²) in [5.74, 6) is 0.0269. The van der Waals surface area contributed by atoms with E-state index in [-0.39, 0.29) is 24.4 Å². The topological polar surface area (TPSA) is 93.2 Å². The fourth-order valence-electron chi connectivity index (χ4n) is 3.08. The summed E-state index contributed by atoms with van der Waals surface area (Å²) in [6, 6.07) is 4.91. The molecule has 1 fully saturated rings. The zero-order chi connectivity index (χ0) is 16.9. The van der Waals surface area contributed by atoms with Gasteiger partial charge in [0.2, 0.25) is 5.91 Å². The normalized spacial score (nSPS) is 19.0. The van der Waals surface area contributed by atoms with Crippen LogP contribution in [0, 0.1) is 0 Å². The average molecular weight is 347 g/mol. The van der Waals surface area contributed by atoms with Crippen LogP contribution in [0.3, 0.4) is 0 Å². The standard InChI is InChI=1S/C16H21N5O2S/c17-16(23)19-13(14-5-2-9-24-14)10-15(22)20-7-1-4-12(11-20)21-8-3-6-18-21/h2-3,5-6,8-9,12-13H,1,4,7,10-11H2,(H3,17,19,23)/t12-,13-/m0/s1. The number of nitrogens with zero attached hydrogens (tertiary/aromatic N) is 3. The molecule has 0 radical (unpaired) electrons. The Kier molecular flexibility index (Phi) is 5.14. The predicted molar refractivity (Wildman–Crippen MR) is 91.5 cm³/mol. The number of nitrogens with one attached hydrogen (secondary N) is 1. The molecule has 2 atom stereocenters. The lowest BCUT2D eigenvalue weighted by atomic mass is 10.0. The molecular formula is C16H21N5O2S. The molecule has 1 aliphatic heterocycles. The van der Waals surface area contributed by atoms with Crippen LogP contribution < -0.4 is 11.1 Å². The largest absolute Gasteiger partial charge is 0.352 e. The highest BCUT2D eigenvalue weighted by Crippen LogP contribution is 2.25. The number of carbonyl (C=O) groups is 2. The van der Waals surface area contributed by atoms with Crippen molar-refractivity contribution in [3.63, 3.8) is 0 Å². The number of aromatic nitrogens is 2.